The van der Waals surface area contributed by atoms with Crippen LogP contribution in [0.3, 0.4) is 0 Å². The fourth-order valence-electron chi connectivity index (χ4n) is 2.85. The topological polar surface area (TPSA) is 84.7 Å². The predicted molar refractivity (Wildman–Crippen MR) is 108 cm³/mol. The van der Waals surface area contributed by atoms with E-state index in [1.807, 2.05) is 52.0 Å². The zero-order chi connectivity index (χ0) is 19.1. The number of fused-ring (bicyclic) bond motifs is 1. The van der Waals surface area contributed by atoms with Crippen molar-refractivity contribution in [2.45, 2.75) is 38.2 Å². The molecule has 138 valence electrons. The standard InChI is InChI=1S/C19H18N4O2S2/c1-9-7-5-6-8-13(9)17-22-23-19(25-17)27-12(4)15-20-16(24)14-10(2)11(3)26-18(14)21-15/h5-8,12H,1-4H3,(H,20,21,24). The zero-order valence-corrected chi connectivity index (χ0v) is 17.0. The Bertz CT molecular complexity index is 1190. The summed E-state index contributed by atoms with van der Waals surface area (Å²) in [5.41, 5.74) is 2.89. The first-order valence-corrected chi connectivity index (χ1v) is 10.2. The average Bonchev–Trinajstić information content (AvgIpc) is 3.20. The third-order valence-corrected chi connectivity index (χ3v) is 6.55. The molecule has 0 aliphatic carbocycles. The van der Waals surface area contributed by atoms with E-state index in [-0.39, 0.29) is 10.8 Å². The van der Waals surface area contributed by atoms with E-state index in [0.717, 1.165) is 26.4 Å². The number of thioether (sulfide) groups is 1. The quantitative estimate of drug-likeness (QED) is 0.497. The van der Waals surface area contributed by atoms with Gasteiger partial charge in [0.25, 0.3) is 10.8 Å². The fourth-order valence-corrected chi connectivity index (χ4v) is 4.63. The summed E-state index contributed by atoms with van der Waals surface area (Å²) in [7, 11) is 0. The first-order chi connectivity index (χ1) is 12.9. The van der Waals surface area contributed by atoms with E-state index in [4.69, 9.17) is 4.42 Å². The Morgan fingerprint density at radius 1 is 1.19 bits per heavy atom. The van der Waals surface area contributed by atoms with Crippen LogP contribution in [-0.2, 0) is 0 Å². The summed E-state index contributed by atoms with van der Waals surface area (Å²) in [6.07, 6.45) is 0. The van der Waals surface area contributed by atoms with E-state index in [1.54, 1.807) is 11.3 Å². The van der Waals surface area contributed by atoms with Crippen molar-refractivity contribution in [2.75, 3.05) is 0 Å². The molecule has 0 saturated carbocycles. The molecule has 27 heavy (non-hydrogen) atoms. The first kappa shape index (κ1) is 17.9. The van der Waals surface area contributed by atoms with Gasteiger partial charge < -0.3 is 9.40 Å². The smallest absolute Gasteiger partial charge is 0.277 e. The number of benzene rings is 1. The van der Waals surface area contributed by atoms with Crippen LogP contribution in [0.4, 0.5) is 0 Å². The van der Waals surface area contributed by atoms with Crippen LogP contribution in [0.2, 0.25) is 0 Å². The third kappa shape index (κ3) is 3.30. The van der Waals surface area contributed by atoms with Crippen LogP contribution < -0.4 is 5.56 Å². The summed E-state index contributed by atoms with van der Waals surface area (Å²) in [5.74, 6) is 1.10. The minimum atomic E-state index is -0.130. The molecule has 0 spiro atoms. The maximum Gasteiger partial charge on any atom is 0.277 e. The van der Waals surface area contributed by atoms with Crippen LogP contribution in [0.15, 0.2) is 38.7 Å². The average molecular weight is 399 g/mol. The monoisotopic (exact) mass is 398 g/mol. The Morgan fingerprint density at radius 2 is 1.96 bits per heavy atom. The van der Waals surface area contributed by atoms with Gasteiger partial charge in [0, 0.05) is 10.4 Å². The SMILES string of the molecule is Cc1ccccc1-c1nnc(SC(C)c2nc3sc(C)c(C)c3c(=O)[nH]2)o1. The van der Waals surface area contributed by atoms with Crippen molar-refractivity contribution in [1.29, 1.82) is 0 Å². The Balaban J connectivity index is 1.62. The number of H-pyrrole nitrogens is 1. The second kappa shape index (κ2) is 6.94. The van der Waals surface area contributed by atoms with Crippen LogP contribution in [0.1, 0.15) is 34.0 Å². The lowest BCUT2D eigenvalue weighted by Gasteiger charge is -2.07. The number of aromatic amines is 1. The van der Waals surface area contributed by atoms with Crippen molar-refractivity contribution in [3.05, 3.63) is 56.4 Å². The molecule has 0 fully saturated rings. The van der Waals surface area contributed by atoms with Crippen molar-refractivity contribution >= 4 is 33.3 Å². The highest BCUT2D eigenvalue weighted by atomic mass is 32.2. The third-order valence-electron chi connectivity index (χ3n) is 4.50. The van der Waals surface area contributed by atoms with Crippen molar-refractivity contribution in [3.63, 3.8) is 0 Å². The summed E-state index contributed by atoms with van der Waals surface area (Å²) < 4.78 is 5.81. The maximum atomic E-state index is 12.5. The largest absolute Gasteiger partial charge is 0.411 e. The van der Waals surface area contributed by atoms with Crippen LogP contribution >= 0.6 is 23.1 Å². The van der Waals surface area contributed by atoms with Gasteiger partial charge >= 0.3 is 0 Å². The minimum Gasteiger partial charge on any atom is -0.411 e. The van der Waals surface area contributed by atoms with E-state index < -0.39 is 0 Å². The van der Waals surface area contributed by atoms with Gasteiger partial charge in [0.15, 0.2) is 0 Å². The molecular weight excluding hydrogens is 380 g/mol. The van der Waals surface area contributed by atoms with Crippen molar-refractivity contribution in [1.82, 2.24) is 20.2 Å². The van der Waals surface area contributed by atoms with Crippen molar-refractivity contribution in [3.8, 4) is 11.5 Å². The number of hydrogen-bond donors (Lipinski definition) is 1. The van der Waals surface area contributed by atoms with Gasteiger partial charge in [-0.1, -0.05) is 30.0 Å². The number of nitrogens with one attached hydrogen (secondary N) is 1. The highest BCUT2D eigenvalue weighted by molar-refractivity contribution is 7.99. The van der Waals surface area contributed by atoms with Gasteiger partial charge in [0.2, 0.25) is 5.89 Å². The molecule has 8 heteroatoms. The van der Waals surface area contributed by atoms with E-state index in [0.29, 0.717) is 22.3 Å². The van der Waals surface area contributed by atoms with Crippen molar-refractivity contribution < 1.29 is 4.42 Å². The van der Waals surface area contributed by atoms with Gasteiger partial charge in [0.1, 0.15) is 10.7 Å². The van der Waals surface area contributed by atoms with Crippen molar-refractivity contribution in [2.24, 2.45) is 0 Å². The number of hydrogen-bond acceptors (Lipinski definition) is 7. The number of rotatable bonds is 4. The Hall–Kier alpha value is -2.45. The molecule has 0 aliphatic heterocycles. The predicted octanol–water partition coefficient (Wildman–Crippen LogP) is 4.81. The summed E-state index contributed by atoms with van der Waals surface area (Å²) in [5, 5.41) is 9.28. The summed E-state index contributed by atoms with van der Waals surface area (Å²) >= 11 is 2.92. The summed E-state index contributed by atoms with van der Waals surface area (Å²) in [6, 6.07) is 7.87. The molecule has 0 aliphatic rings. The molecule has 3 heterocycles. The number of aryl methyl sites for hydroxylation is 3. The molecule has 0 radical (unpaired) electrons. The fraction of sp³-hybridized carbons (Fsp3) is 0.263. The molecule has 0 bridgehead atoms. The lowest BCUT2D eigenvalue weighted by Crippen LogP contribution is -2.12. The number of aromatic nitrogens is 4. The molecule has 0 saturated heterocycles. The van der Waals surface area contributed by atoms with Gasteiger partial charge in [-0.15, -0.1) is 21.5 Å². The van der Waals surface area contributed by atoms with Gasteiger partial charge in [-0.3, -0.25) is 4.79 Å². The van der Waals surface area contributed by atoms with Gasteiger partial charge in [0.05, 0.1) is 10.6 Å². The Labute approximate surface area is 164 Å². The zero-order valence-electron chi connectivity index (χ0n) is 15.4. The van der Waals surface area contributed by atoms with E-state index in [2.05, 4.69) is 20.2 Å². The molecule has 4 rings (SSSR count). The van der Waals surface area contributed by atoms with E-state index >= 15 is 0 Å². The summed E-state index contributed by atoms with van der Waals surface area (Å²) in [6.45, 7) is 7.92. The highest BCUT2D eigenvalue weighted by Gasteiger charge is 2.19. The molecule has 1 N–H and O–H groups in total. The number of thiophene rings is 1. The second-order valence-electron chi connectivity index (χ2n) is 6.36. The molecule has 1 atom stereocenters. The van der Waals surface area contributed by atoms with Crippen LogP contribution in [0.25, 0.3) is 21.7 Å². The minimum absolute atomic E-state index is 0.101. The van der Waals surface area contributed by atoms with Crippen LogP contribution in [0, 0.1) is 20.8 Å². The van der Waals surface area contributed by atoms with Gasteiger partial charge in [-0.2, -0.15) is 0 Å². The number of nitrogens with zero attached hydrogens (tertiary/aromatic N) is 3. The van der Waals surface area contributed by atoms with Gasteiger partial charge in [-0.25, -0.2) is 4.98 Å². The molecule has 0 amide bonds. The Kier molecular flexibility index (Phi) is 4.61. The first-order valence-electron chi connectivity index (χ1n) is 8.50. The molecular formula is C19H18N4O2S2. The molecule has 6 nitrogen and oxygen atoms in total. The van der Waals surface area contributed by atoms with E-state index in [1.165, 1.54) is 11.8 Å². The van der Waals surface area contributed by atoms with Crippen LogP contribution in [-0.4, -0.2) is 20.2 Å². The normalized spacial score (nSPS) is 12.6. The lowest BCUT2D eigenvalue weighted by atomic mass is 10.1. The van der Waals surface area contributed by atoms with Crippen LogP contribution in [0.5, 0.6) is 0 Å². The van der Waals surface area contributed by atoms with Gasteiger partial charge in [-0.05, 0) is 44.9 Å². The lowest BCUT2D eigenvalue weighted by molar-refractivity contribution is 0.464. The highest BCUT2D eigenvalue weighted by Crippen LogP contribution is 2.35. The molecule has 1 unspecified atom stereocenters. The summed E-state index contributed by atoms with van der Waals surface area (Å²) in [4.78, 5) is 21.9. The molecule has 4 aromatic rings. The second-order valence-corrected chi connectivity index (χ2v) is 8.86. The molecule has 3 aromatic heterocycles. The molecule has 1 aromatic carbocycles. The Morgan fingerprint density at radius 3 is 2.74 bits per heavy atom. The van der Waals surface area contributed by atoms with E-state index in [9.17, 15) is 4.79 Å². The maximum absolute atomic E-state index is 12.5.